The third-order valence-electron chi connectivity index (χ3n) is 0.876. The summed E-state index contributed by atoms with van der Waals surface area (Å²) >= 11 is 0. The maximum Gasteiger partial charge on any atom is 0.112 e. The molecule has 1 aliphatic rings. The van der Waals surface area contributed by atoms with Crippen LogP contribution in [0, 0.1) is 0 Å². The Labute approximate surface area is 59.1 Å². The Morgan fingerprint density at radius 1 is 1.60 bits per heavy atom. The van der Waals surface area contributed by atoms with Gasteiger partial charge >= 0.3 is 0 Å². The van der Waals surface area contributed by atoms with Crippen LogP contribution in [0.3, 0.4) is 0 Å². The zero-order chi connectivity index (χ0) is 7.23. The highest BCUT2D eigenvalue weighted by atomic mass is 15.1. The maximum atomic E-state index is 3.88. The van der Waals surface area contributed by atoms with Crippen molar-refractivity contribution in [3.63, 3.8) is 0 Å². The number of rotatable bonds is 0. The van der Waals surface area contributed by atoms with Gasteiger partial charge in [-0.2, -0.15) is 0 Å². The lowest BCUT2D eigenvalue weighted by Gasteiger charge is -1.88. The van der Waals surface area contributed by atoms with Gasteiger partial charge in [-0.15, -0.1) is 0 Å². The first-order valence-electron chi connectivity index (χ1n) is 2.86. The van der Waals surface area contributed by atoms with Gasteiger partial charge in [0.15, 0.2) is 0 Å². The molecule has 0 saturated carbocycles. The summed E-state index contributed by atoms with van der Waals surface area (Å²) in [6.07, 6.45) is 4.57. The highest BCUT2D eigenvalue weighted by Gasteiger charge is 1.82. The van der Waals surface area contributed by atoms with E-state index in [0.29, 0.717) is 12.4 Å². The summed E-state index contributed by atoms with van der Waals surface area (Å²) in [5.41, 5.74) is 0.612. The molecule has 52 valence electrons. The van der Waals surface area contributed by atoms with Gasteiger partial charge < -0.3 is 5.32 Å². The average molecular weight is 136 g/mol. The Balaban J connectivity index is 2.64. The van der Waals surface area contributed by atoms with Crippen molar-refractivity contribution in [2.75, 3.05) is 6.67 Å². The van der Waals surface area contributed by atoms with Crippen LogP contribution in [-0.2, 0) is 0 Å². The lowest BCUT2D eigenvalue weighted by Crippen LogP contribution is -2.09. The second kappa shape index (κ2) is 3.55. The van der Waals surface area contributed by atoms with Crippen molar-refractivity contribution in [2.24, 2.45) is 15.0 Å². The minimum Gasteiger partial charge on any atom is -0.357 e. The van der Waals surface area contributed by atoms with Crippen molar-refractivity contribution < 1.29 is 0 Å². The van der Waals surface area contributed by atoms with Crippen LogP contribution in [-0.4, -0.2) is 25.6 Å². The van der Waals surface area contributed by atoms with Gasteiger partial charge in [0.2, 0.25) is 0 Å². The van der Waals surface area contributed by atoms with Crippen molar-refractivity contribution in [2.45, 2.75) is 0 Å². The Morgan fingerprint density at radius 3 is 3.40 bits per heavy atom. The fourth-order valence-corrected chi connectivity index (χ4v) is 0.463. The predicted molar refractivity (Wildman–Crippen MR) is 42.6 cm³/mol. The molecule has 0 aromatic rings. The van der Waals surface area contributed by atoms with Crippen LogP contribution in [0.1, 0.15) is 0 Å². The standard InChI is InChI=1S/C6H8N4/c1-6-2-7-3-8-4-9-5-10-6/h2-3,5H,1,4H2,(H,9,10)/b7-2-,8-3-. The Hall–Kier alpha value is -1.45. The zero-order valence-corrected chi connectivity index (χ0v) is 5.49. The van der Waals surface area contributed by atoms with E-state index in [-0.39, 0.29) is 0 Å². The molecule has 0 unspecified atom stereocenters. The molecule has 4 heteroatoms. The number of hydrogen-bond acceptors (Lipinski definition) is 4. The second-order valence-corrected chi connectivity index (χ2v) is 1.69. The Morgan fingerprint density at radius 2 is 2.50 bits per heavy atom. The van der Waals surface area contributed by atoms with Gasteiger partial charge in [0.1, 0.15) is 13.0 Å². The molecule has 1 heterocycles. The van der Waals surface area contributed by atoms with Crippen LogP contribution in [0.25, 0.3) is 0 Å². The summed E-state index contributed by atoms with van der Waals surface area (Å²) in [7, 11) is 0. The topological polar surface area (TPSA) is 49.1 Å². The van der Waals surface area contributed by atoms with Gasteiger partial charge in [0.25, 0.3) is 0 Å². The molecule has 4 nitrogen and oxygen atoms in total. The quantitative estimate of drug-likeness (QED) is 0.507. The smallest absolute Gasteiger partial charge is 0.112 e. The molecule has 0 fully saturated rings. The minimum atomic E-state index is 0.508. The SMILES string of the molecule is C=C1/C=N\C=N/CN/C=N\1. The van der Waals surface area contributed by atoms with E-state index in [9.17, 15) is 0 Å². The van der Waals surface area contributed by atoms with Crippen LogP contribution in [0.5, 0.6) is 0 Å². The maximum absolute atomic E-state index is 3.88. The van der Waals surface area contributed by atoms with Crippen LogP contribution in [0.15, 0.2) is 27.3 Å². The number of aliphatic imine (C=N–C) groups is 3. The van der Waals surface area contributed by atoms with Gasteiger partial charge in [0, 0.05) is 0 Å². The van der Waals surface area contributed by atoms with Gasteiger partial charge in [0.05, 0.1) is 18.3 Å². The van der Waals surface area contributed by atoms with Gasteiger partial charge in [-0.05, 0) is 0 Å². The van der Waals surface area contributed by atoms with Gasteiger partial charge in [-0.25, -0.2) is 9.98 Å². The Kier molecular flexibility index (Phi) is 2.37. The van der Waals surface area contributed by atoms with E-state index in [4.69, 9.17) is 0 Å². The first kappa shape index (κ1) is 6.67. The first-order chi connectivity index (χ1) is 4.89. The van der Waals surface area contributed by atoms with Crippen molar-refractivity contribution in [1.82, 2.24) is 5.32 Å². The van der Waals surface area contributed by atoms with E-state index in [1.54, 1.807) is 12.6 Å². The van der Waals surface area contributed by atoms with Crippen molar-refractivity contribution in [1.29, 1.82) is 0 Å². The van der Waals surface area contributed by atoms with Crippen LogP contribution in [0.4, 0.5) is 0 Å². The molecule has 0 atom stereocenters. The first-order valence-corrected chi connectivity index (χ1v) is 2.86. The molecule has 10 heavy (non-hydrogen) atoms. The Bertz CT molecular complexity index is 202. The summed E-state index contributed by atoms with van der Waals surface area (Å²) in [6.45, 7) is 4.12. The van der Waals surface area contributed by atoms with Crippen molar-refractivity contribution in [3.8, 4) is 0 Å². The van der Waals surface area contributed by atoms with Gasteiger partial charge in [-0.1, -0.05) is 6.58 Å². The lowest BCUT2D eigenvalue weighted by molar-refractivity contribution is 0.948. The minimum absolute atomic E-state index is 0.508. The average Bonchev–Trinajstić information content (AvgIpc) is 2.02. The second-order valence-electron chi connectivity index (χ2n) is 1.69. The lowest BCUT2D eigenvalue weighted by atomic mass is 10.6. The molecular formula is C6H8N4. The van der Waals surface area contributed by atoms with Crippen molar-refractivity contribution in [3.05, 3.63) is 12.3 Å². The summed E-state index contributed by atoms with van der Waals surface area (Å²) in [5, 5.41) is 2.83. The summed E-state index contributed by atoms with van der Waals surface area (Å²) < 4.78 is 0. The molecule has 1 rings (SSSR count). The van der Waals surface area contributed by atoms with E-state index in [2.05, 4.69) is 26.9 Å². The van der Waals surface area contributed by atoms with Crippen LogP contribution < -0.4 is 5.32 Å². The number of nitrogens with one attached hydrogen (secondary N) is 1. The highest BCUT2D eigenvalue weighted by molar-refractivity contribution is 5.85. The highest BCUT2D eigenvalue weighted by Crippen LogP contribution is 1.84. The van der Waals surface area contributed by atoms with Crippen LogP contribution in [0.2, 0.25) is 0 Å². The molecule has 0 saturated heterocycles. The summed E-state index contributed by atoms with van der Waals surface area (Å²) in [5.74, 6) is 0. The van der Waals surface area contributed by atoms with E-state index in [1.807, 2.05) is 0 Å². The molecule has 1 aliphatic heterocycles. The van der Waals surface area contributed by atoms with Crippen LogP contribution >= 0.6 is 0 Å². The molecule has 1 N–H and O–H groups in total. The predicted octanol–water partition coefficient (Wildman–Crippen LogP) is 0.188. The van der Waals surface area contributed by atoms with Gasteiger partial charge in [-0.3, -0.25) is 4.99 Å². The third-order valence-corrected chi connectivity index (χ3v) is 0.876. The van der Waals surface area contributed by atoms with E-state index in [1.165, 1.54) is 6.34 Å². The fraction of sp³-hybridized carbons (Fsp3) is 0.167. The molecule has 0 radical (unpaired) electrons. The van der Waals surface area contributed by atoms with E-state index >= 15 is 0 Å². The summed E-state index contributed by atoms with van der Waals surface area (Å²) in [4.78, 5) is 11.5. The monoisotopic (exact) mass is 136 g/mol. The summed E-state index contributed by atoms with van der Waals surface area (Å²) in [6, 6.07) is 0. The molecule has 0 aromatic heterocycles. The zero-order valence-electron chi connectivity index (χ0n) is 5.49. The fourth-order valence-electron chi connectivity index (χ4n) is 0.463. The molecule has 0 spiro atoms. The molecular weight excluding hydrogens is 128 g/mol. The molecule has 0 aliphatic carbocycles. The molecule has 0 aromatic carbocycles. The number of hydrogen-bond donors (Lipinski definition) is 1. The number of allylic oxidation sites excluding steroid dienone is 1. The molecule has 0 bridgehead atoms. The number of nitrogens with zero attached hydrogens (tertiary/aromatic N) is 3. The van der Waals surface area contributed by atoms with E-state index in [0.717, 1.165) is 0 Å². The largest absolute Gasteiger partial charge is 0.357 e. The normalized spacial score (nSPS) is 27.0. The third kappa shape index (κ3) is 2.21. The molecule has 0 amide bonds. The van der Waals surface area contributed by atoms with Crippen molar-refractivity contribution >= 4 is 18.9 Å². The van der Waals surface area contributed by atoms with E-state index < -0.39 is 0 Å².